The maximum atomic E-state index is 12.6. The van der Waals surface area contributed by atoms with Crippen LogP contribution in [0.1, 0.15) is 44.2 Å². The molecule has 8 heteroatoms. The van der Waals surface area contributed by atoms with Gasteiger partial charge in [0.2, 0.25) is 11.7 Å². The molecule has 25 heavy (non-hydrogen) atoms. The summed E-state index contributed by atoms with van der Waals surface area (Å²) in [5, 5.41) is 15.6. The number of hydrogen-bond acceptors (Lipinski definition) is 5. The van der Waals surface area contributed by atoms with Gasteiger partial charge in [0.1, 0.15) is 5.69 Å². The third-order valence-electron chi connectivity index (χ3n) is 5.43. The maximum Gasteiger partial charge on any atom is 0.333 e. The molecule has 0 atom stereocenters. The van der Waals surface area contributed by atoms with Crippen LogP contribution in [0.25, 0.3) is 0 Å². The summed E-state index contributed by atoms with van der Waals surface area (Å²) in [4.78, 5) is 27.6. The summed E-state index contributed by atoms with van der Waals surface area (Å²) in [5.74, 6) is 1.34. The van der Waals surface area contributed by atoms with Gasteiger partial charge in [-0.05, 0) is 32.1 Å². The van der Waals surface area contributed by atoms with E-state index in [1.165, 1.54) is 25.7 Å². The zero-order valence-electron chi connectivity index (χ0n) is 15.1. The second kappa shape index (κ2) is 7.41. The van der Waals surface area contributed by atoms with Gasteiger partial charge in [-0.1, -0.05) is 12.8 Å². The number of nitrogens with zero attached hydrogens (tertiary/aromatic N) is 5. The Balaban J connectivity index is 1.67. The van der Waals surface area contributed by atoms with Crippen molar-refractivity contribution in [2.75, 3.05) is 31.1 Å². The quantitative estimate of drug-likeness (QED) is 0.615. The smallest absolute Gasteiger partial charge is 0.333 e. The molecule has 1 aliphatic carbocycles. The van der Waals surface area contributed by atoms with E-state index in [9.17, 15) is 14.9 Å². The van der Waals surface area contributed by atoms with Crippen LogP contribution >= 0.6 is 0 Å². The molecule has 0 radical (unpaired) electrons. The second-order valence-corrected chi connectivity index (χ2v) is 7.21. The van der Waals surface area contributed by atoms with Crippen molar-refractivity contribution in [3.63, 3.8) is 0 Å². The lowest BCUT2D eigenvalue weighted by Crippen LogP contribution is -2.36. The summed E-state index contributed by atoms with van der Waals surface area (Å²) in [6.45, 7) is 4.32. The van der Waals surface area contributed by atoms with E-state index < -0.39 is 0 Å². The Morgan fingerprint density at radius 3 is 2.60 bits per heavy atom. The molecular weight excluding hydrogens is 322 g/mol. The molecule has 3 rings (SSSR count). The first-order valence-electron chi connectivity index (χ1n) is 9.18. The van der Waals surface area contributed by atoms with Crippen molar-refractivity contribution >= 4 is 17.4 Å². The average molecular weight is 349 g/mol. The minimum Gasteiger partial charge on any atom is -0.349 e. The number of nitro groups is 1. The Morgan fingerprint density at radius 2 is 1.92 bits per heavy atom. The molecule has 138 valence electrons. The largest absolute Gasteiger partial charge is 0.349 e. The minimum absolute atomic E-state index is 0.0771. The maximum absolute atomic E-state index is 12.6. The number of carbonyl (C=O) groups excluding carboxylic acids is 1. The number of aromatic nitrogens is 2. The molecule has 8 nitrogen and oxygen atoms in total. The van der Waals surface area contributed by atoms with Crippen molar-refractivity contribution in [2.24, 2.45) is 13.0 Å². The van der Waals surface area contributed by atoms with E-state index in [-0.39, 0.29) is 16.5 Å². The molecule has 0 aromatic carbocycles. The van der Waals surface area contributed by atoms with Gasteiger partial charge >= 0.3 is 5.69 Å². The Bertz CT molecular complexity index is 651. The monoisotopic (exact) mass is 349 g/mol. The highest BCUT2D eigenvalue weighted by Crippen LogP contribution is 2.32. The van der Waals surface area contributed by atoms with Gasteiger partial charge in [-0.2, -0.15) is 5.10 Å². The SMILES string of the molecule is Cc1nn(C)c(N2CCCN(C(=O)CC3CCCC3)CC2)c1[N+](=O)[O-]. The molecule has 2 fully saturated rings. The van der Waals surface area contributed by atoms with Crippen molar-refractivity contribution in [3.8, 4) is 0 Å². The third-order valence-corrected chi connectivity index (χ3v) is 5.43. The van der Waals surface area contributed by atoms with E-state index in [0.29, 0.717) is 43.5 Å². The van der Waals surface area contributed by atoms with Gasteiger partial charge in [-0.15, -0.1) is 0 Å². The van der Waals surface area contributed by atoms with Gasteiger partial charge < -0.3 is 9.80 Å². The highest BCUT2D eigenvalue weighted by atomic mass is 16.6. The van der Waals surface area contributed by atoms with Crippen LogP contribution in [-0.2, 0) is 11.8 Å². The lowest BCUT2D eigenvalue weighted by Gasteiger charge is -2.23. The fourth-order valence-electron chi connectivity index (χ4n) is 4.17. The fourth-order valence-corrected chi connectivity index (χ4v) is 4.17. The molecule has 1 aromatic heterocycles. The number of hydrogen-bond donors (Lipinski definition) is 0. The van der Waals surface area contributed by atoms with Crippen LogP contribution in [0.5, 0.6) is 0 Å². The van der Waals surface area contributed by atoms with Gasteiger partial charge in [0.05, 0.1) is 4.92 Å². The Hall–Kier alpha value is -2.12. The van der Waals surface area contributed by atoms with E-state index >= 15 is 0 Å². The summed E-state index contributed by atoms with van der Waals surface area (Å²) in [7, 11) is 1.74. The molecular formula is C17H27N5O3. The van der Waals surface area contributed by atoms with Crippen LogP contribution in [0.2, 0.25) is 0 Å². The molecule has 1 saturated heterocycles. The lowest BCUT2D eigenvalue weighted by atomic mass is 10.0. The Morgan fingerprint density at radius 1 is 1.20 bits per heavy atom. The second-order valence-electron chi connectivity index (χ2n) is 7.21. The molecule has 1 amide bonds. The van der Waals surface area contributed by atoms with Crippen molar-refractivity contribution < 1.29 is 9.72 Å². The van der Waals surface area contributed by atoms with Gasteiger partial charge in [0.25, 0.3) is 0 Å². The summed E-state index contributed by atoms with van der Waals surface area (Å²) >= 11 is 0. The van der Waals surface area contributed by atoms with Gasteiger partial charge in [-0.25, -0.2) is 4.68 Å². The molecule has 2 aliphatic rings. The third kappa shape index (κ3) is 3.77. The Labute approximate surface area is 147 Å². The van der Waals surface area contributed by atoms with Crippen LogP contribution in [0, 0.1) is 23.0 Å². The number of anilines is 1. The molecule has 0 unspecified atom stereocenters. The first-order valence-corrected chi connectivity index (χ1v) is 9.18. The minimum atomic E-state index is -0.356. The molecule has 1 aromatic rings. The predicted octanol–water partition coefficient (Wildman–Crippen LogP) is 2.26. The van der Waals surface area contributed by atoms with Crippen LogP contribution in [0.3, 0.4) is 0 Å². The highest BCUT2D eigenvalue weighted by Gasteiger charge is 2.30. The zero-order valence-corrected chi connectivity index (χ0v) is 15.1. The fraction of sp³-hybridized carbons (Fsp3) is 0.765. The molecule has 2 heterocycles. The van der Waals surface area contributed by atoms with Crippen molar-refractivity contribution in [2.45, 2.75) is 45.4 Å². The Kier molecular flexibility index (Phi) is 5.24. The van der Waals surface area contributed by atoms with Crippen molar-refractivity contribution in [3.05, 3.63) is 15.8 Å². The number of aryl methyl sites for hydroxylation is 2. The van der Waals surface area contributed by atoms with E-state index in [2.05, 4.69) is 5.10 Å². The normalized spacial score (nSPS) is 19.3. The van der Waals surface area contributed by atoms with E-state index in [0.717, 1.165) is 13.0 Å². The van der Waals surface area contributed by atoms with Gasteiger partial charge in [0.15, 0.2) is 0 Å². The molecule has 0 bridgehead atoms. The van der Waals surface area contributed by atoms with Crippen molar-refractivity contribution in [1.29, 1.82) is 0 Å². The van der Waals surface area contributed by atoms with E-state index in [1.807, 2.05) is 9.80 Å². The first-order chi connectivity index (χ1) is 12.0. The van der Waals surface area contributed by atoms with Gasteiger partial charge in [0, 0.05) is 39.6 Å². The number of amides is 1. The summed E-state index contributed by atoms with van der Waals surface area (Å²) < 4.78 is 1.59. The molecule has 0 N–H and O–H groups in total. The molecule has 0 spiro atoms. The highest BCUT2D eigenvalue weighted by molar-refractivity contribution is 5.76. The standard InChI is InChI=1S/C17H27N5O3/c1-13-16(22(24)25)17(19(2)18-13)21-9-5-8-20(10-11-21)15(23)12-14-6-3-4-7-14/h14H,3-12H2,1-2H3. The average Bonchev–Trinajstić information content (AvgIpc) is 3.07. The van der Waals surface area contributed by atoms with Crippen LogP contribution in [0.15, 0.2) is 0 Å². The van der Waals surface area contributed by atoms with Crippen molar-refractivity contribution in [1.82, 2.24) is 14.7 Å². The van der Waals surface area contributed by atoms with Crippen LogP contribution < -0.4 is 4.90 Å². The first kappa shape index (κ1) is 17.7. The number of carbonyl (C=O) groups is 1. The number of rotatable bonds is 4. The molecule has 1 aliphatic heterocycles. The van der Waals surface area contributed by atoms with Crippen LogP contribution in [-0.4, -0.2) is 51.7 Å². The summed E-state index contributed by atoms with van der Waals surface area (Å²) in [6, 6.07) is 0. The lowest BCUT2D eigenvalue weighted by molar-refractivity contribution is -0.384. The summed E-state index contributed by atoms with van der Waals surface area (Å²) in [6.07, 6.45) is 6.31. The molecule has 1 saturated carbocycles. The van der Waals surface area contributed by atoms with Gasteiger partial charge in [-0.3, -0.25) is 14.9 Å². The predicted molar refractivity (Wildman–Crippen MR) is 94.6 cm³/mol. The van der Waals surface area contributed by atoms with E-state index in [1.54, 1.807) is 18.7 Å². The zero-order chi connectivity index (χ0) is 18.0. The summed E-state index contributed by atoms with van der Waals surface area (Å²) in [5.41, 5.74) is 0.508. The topological polar surface area (TPSA) is 84.5 Å². The van der Waals surface area contributed by atoms with Crippen LogP contribution in [0.4, 0.5) is 11.5 Å². The van der Waals surface area contributed by atoms with E-state index in [4.69, 9.17) is 0 Å².